The van der Waals surface area contributed by atoms with Gasteiger partial charge < -0.3 is 25.2 Å². The van der Waals surface area contributed by atoms with Gasteiger partial charge in [0.15, 0.2) is 5.96 Å². The van der Waals surface area contributed by atoms with Crippen LogP contribution in [0.25, 0.3) is 0 Å². The Bertz CT molecular complexity index is 834. The quantitative estimate of drug-likeness (QED) is 0.476. The van der Waals surface area contributed by atoms with Crippen molar-refractivity contribution in [2.45, 2.75) is 39.8 Å². The summed E-state index contributed by atoms with van der Waals surface area (Å²) in [6.45, 7) is 11.7. The van der Waals surface area contributed by atoms with Crippen molar-refractivity contribution in [3.8, 4) is 5.75 Å². The first-order valence-electron chi connectivity index (χ1n) is 11.3. The number of pyridine rings is 1. The third-order valence-electron chi connectivity index (χ3n) is 5.62. The molecule has 1 fully saturated rings. The average molecular weight is 425 g/mol. The smallest absolute Gasteiger partial charge is 0.191 e. The molecule has 0 radical (unpaired) electrons. The van der Waals surface area contributed by atoms with Gasteiger partial charge in [-0.1, -0.05) is 18.2 Å². The van der Waals surface area contributed by atoms with Gasteiger partial charge in [-0.2, -0.15) is 0 Å². The molecule has 1 aliphatic rings. The van der Waals surface area contributed by atoms with E-state index >= 15 is 0 Å². The Balaban J connectivity index is 1.60. The molecule has 2 aromatic rings. The number of ether oxygens (including phenoxy) is 1. The van der Waals surface area contributed by atoms with Crippen LogP contribution in [0.4, 0.5) is 11.5 Å². The predicted octanol–water partition coefficient (Wildman–Crippen LogP) is 3.27. The SMILES string of the molecule is CCNC(=NCc1ccc(N(CC)CC)nc1)NC1CCN(c2ccccc2OC)C1. The monoisotopic (exact) mass is 424 g/mol. The Morgan fingerprint density at radius 3 is 2.68 bits per heavy atom. The van der Waals surface area contributed by atoms with E-state index in [4.69, 9.17) is 9.73 Å². The van der Waals surface area contributed by atoms with Gasteiger partial charge in [0, 0.05) is 45.0 Å². The van der Waals surface area contributed by atoms with Crippen LogP contribution in [0.2, 0.25) is 0 Å². The molecule has 2 heterocycles. The lowest BCUT2D eigenvalue weighted by Gasteiger charge is -2.22. The summed E-state index contributed by atoms with van der Waals surface area (Å²) in [5.74, 6) is 2.79. The van der Waals surface area contributed by atoms with Gasteiger partial charge in [0.25, 0.3) is 0 Å². The zero-order chi connectivity index (χ0) is 22.1. The third-order valence-corrected chi connectivity index (χ3v) is 5.62. The molecule has 1 saturated heterocycles. The maximum absolute atomic E-state index is 5.53. The summed E-state index contributed by atoms with van der Waals surface area (Å²) in [4.78, 5) is 14.0. The number of hydrogen-bond acceptors (Lipinski definition) is 5. The number of benzene rings is 1. The maximum Gasteiger partial charge on any atom is 0.191 e. The van der Waals surface area contributed by atoms with Crippen LogP contribution in [-0.2, 0) is 6.54 Å². The predicted molar refractivity (Wildman–Crippen MR) is 129 cm³/mol. The van der Waals surface area contributed by atoms with Crippen LogP contribution in [0.1, 0.15) is 32.8 Å². The van der Waals surface area contributed by atoms with Gasteiger partial charge in [-0.25, -0.2) is 9.98 Å². The van der Waals surface area contributed by atoms with Gasteiger partial charge in [-0.05, 0) is 51.0 Å². The number of nitrogens with zero attached hydrogens (tertiary/aromatic N) is 4. The van der Waals surface area contributed by atoms with Crippen molar-refractivity contribution in [2.75, 3.05) is 49.6 Å². The minimum atomic E-state index is 0.339. The maximum atomic E-state index is 5.53. The number of anilines is 2. The molecule has 7 heteroatoms. The van der Waals surface area contributed by atoms with Crippen LogP contribution in [0.3, 0.4) is 0 Å². The number of aromatic nitrogens is 1. The highest BCUT2D eigenvalue weighted by molar-refractivity contribution is 5.80. The molecular formula is C24H36N6O. The van der Waals surface area contributed by atoms with Crippen molar-refractivity contribution in [3.63, 3.8) is 0 Å². The molecule has 168 valence electrons. The number of para-hydroxylation sites is 2. The van der Waals surface area contributed by atoms with Crippen molar-refractivity contribution in [1.82, 2.24) is 15.6 Å². The van der Waals surface area contributed by atoms with Gasteiger partial charge in [0.2, 0.25) is 0 Å². The molecule has 2 N–H and O–H groups in total. The van der Waals surface area contributed by atoms with Gasteiger partial charge in [0.1, 0.15) is 11.6 Å². The highest BCUT2D eigenvalue weighted by atomic mass is 16.5. The summed E-state index contributed by atoms with van der Waals surface area (Å²) in [7, 11) is 1.73. The number of hydrogen-bond donors (Lipinski definition) is 2. The van der Waals surface area contributed by atoms with Crippen molar-refractivity contribution in [3.05, 3.63) is 48.2 Å². The second kappa shape index (κ2) is 11.4. The molecule has 0 amide bonds. The van der Waals surface area contributed by atoms with E-state index in [2.05, 4.69) is 70.5 Å². The number of methoxy groups -OCH3 is 1. The normalized spacial score (nSPS) is 16.3. The van der Waals surface area contributed by atoms with E-state index < -0.39 is 0 Å². The van der Waals surface area contributed by atoms with Gasteiger partial charge >= 0.3 is 0 Å². The Kier molecular flexibility index (Phi) is 8.38. The van der Waals surface area contributed by atoms with Crippen molar-refractivity contribution in [1.29, 1.82) is 0 Å². The molecule has 31 heavy (non-hydrogen) atoms. The van der Waals surface area contributed by atoms with Crippen molar-refractivity contribution in [2.24, 2.45) is 4.99 Å². The molecule has 1 aromatic heterocycles. The molecule has 7 nitrogen and oxygen atoms in total. The van der Waals surface area contributed by atoms with E-state index in [1.54, 1.807) is 7.11 Å². The van der Waals surface area contributed by atoms with Crippen LogP contribution < -0.4 is 25.2 Å². The molecule has 1 unspecified atom stereocenters. The lowest BCUT2D eigenvalue weighted by molar-refractivity contribution is 0.415. The molecule has 0 aliphatic carbocycles. The Morgan fingerprint density at radius 2 is 2.00 bits per heavy atom. The Labute approximate surface area is 186 Å². The van der Waals surface area contributed by atoms with E-state index in [1.165, 1.54) is 0 Å². The zero-order valence-electron chi connectivity index (χ0n) is 19.3. The Morgan fingerprint density at radius 1 is 1.19 bits per heavy atom. The lowest BCUT2D eigenvalue weighted by atomic mass is 10.2. The highest BCUT2D eigenvalue weighted by Crippen LogP contribution is 2.30. The largest absolute Gasteiger partial charge is 0.495 e. The molecule has 1 aromatic carbocycles. The van der Waals surface area contributed by atoms with Gasteiger partial charge in [-0.3, -0.25) is 0 Å². The number of guanidine groups is 1. The minimum Gasteiger partial charge on any atom is -0.495 e. The molecule has 3 rings (SSSR count). The summed E-state index contributed by atoms with van der Waals surface area (Å²) in [5, 5.41) is 6.97. The van der Waals surface area contributed by atoms with Crippen LogP contribution >= 0.6 is 0 Å². The zero-order valence-corrected chi connectivity index (χ0v) is 19.3. The fourth-order valence-electron chi connectivity index (χ4n) is 3.92. The first kappa shape index (κ1) is 22.7. The second-order valence-electron chi connectivity index (χ2n) is 7.64. The van der Waals surface area contributed by atoms with Crippen LogP contribution in [0.15, 0.2) is 47.6 Å². The fourth-order valence-corrected chi connectivity index (χ4v) is 3.92. The number of nitrogens with one attached hydrogen (secondary N) is 2. The van der Waals surface area contributed by atoms with E-state index in [-0.39, 0.29) is 0 Å². The lowest BCUT2D eigenvalue weighted by Crippen LogP contribution is -2.44. The third kappa shape index (κ3) is 6.03. The minimum absolute atomic E-state index is 0.339. The van der Waals surface area contributed by atoms with Gasteiger partial charge in [-0.15, -0.1) is 0 Å². The van der Waals surface area contributed by atoms with E-state index in [9.17, 15) is 0 Å². The summed E-state index contributed by atoms with van der Waals surface area (Å²) < 4.78 is 5.53. The topological polar surface area (TPSA) is 65.0 Å². The van der Waals surface area contributed by atoms with Crippen LogP contribution in [-0.4, -0.2) is 56.8 Å². The van der Waals surface area contributed by atoms with E-state index in [0.29, 0.717) is 12.6 Å². The average Bonchev–Trinajstić information content (AvgIpc) is 3.27. The van der Waals surface area contributed by atoms with Crippen molar-refractivity contribution >= 4 is 17.5 Å². The van der Waals surface area contributed by atoms with Crippen LogP contribution in [0, 0.1) is 0 Å². The molecule has 1 aliphatic heterocycles. The standard InChI is InChI=1S/C24H36N6O/c1-5-25-24(27-17-19-12-13-23(26-16-19)29(6-2)7-3)28-20-14-15-30(18-20)21-10-8-9-11-22(21)31-4/h8-13,16,20H,5-7,14-15,17-18H2,1-4H3,(H2,25,27,28). The highest BCUT2D eigenvalue weighted by Gasteiger charge is 2.25. The summed E-state index contributed by atoms with van der Waals surface area (Å²) in [6.07, 6.45) is 2.99. The second-order valence-corrected chi connectivity index (χ2v) is 7.64. The molecular weight excluding hydrogens is 388 g/mol. The summed E-state index contributed by atoms with van der Waals surface area (Å²) >= 11 is 0. The van der Waals surface area contributed by atoms with E-state index in [1.807, 2.05) is 18.3 Å². The summed E-state index contributed by atoms with van der Waals surface area (Å²) in [6, 6.07) is 12.7. The molecule has 0 spiro atoms. The summed E-state index contributed by atoms with van der Waals surface area (Å²) in [5.41, 5.74) is 2.26. The molecule has 1 atom stereocenters. The fraction of sp³-hybridized carbons (Fsp3) is 0.500. The number of aliphatic imine (C=N–C) groups is 1. The molecule has 0 saturated carbocycles. The molecule has 0 bridgehead atoms. The van der Waals surface area contributed by atoms with Gasteiger partial charge in [0.05, 0.1) is 19.3 Å². The van der Waals surface area contributed by atoms with E-state index in [0.717, 1.165) is 67.9 Å². The Hall–Kier alpha value is -2.96. The first-order chi connectivity index (χ1) is 15.2. The first-order valence-corrected chi connectivity index (χ1v) is 11.3. The number of rotatable bonds is 9. The van der Waals surface area contributed by atoms with Crippen molar-refractivity contribution < 1.29 is 4.74 Å². The van der Waals surface area contributed by atoms with Crippen LogP contribution in [0.5, 0.6) is 5.75 Å².